The maximum absolute atomic E-state index is 9.75. The Hall–Kier alpha value is -7.41. The van der Waals surface area contributed by atoms with E-state index in [1.807, 2.05) is 84.9 Å². The summed E-state index contributed by atoms with van der Waals surface area (Å²) in [5.74, 6) is 0.405. The van der Waals surface area contributed by atoms with Gasteiger partial charge in [0.1, 0.15) is 11.2 Å². The molecule has 0 aliphatic carbocycles. The van der Waals surface area contributed by atoms with Gasteiger partial charge < -0.3 is 4.42 Å². The number of furan rings is 1. The fourth-order valence-electron chi connectivity index (χ4n) is 7.75. The smallest absolute Gasteiger partial charge is 0.238 e. The van der Waals surface area contributed by atoms with Crippen LogP contribution in [0.15, 0.2) is 186 Å². The van der Waals surface area contributed by atoms with E-state index < -0.39 is 18.1 Å². The highest BCUT2D eigenvalue weighted by Crippen LogP contribution is 2.44. The van der Waals surface area contributed by atoms with Gasteiger partial charge in [0.25, 0.3) is 0 Å². The Bertz CT molecular complexity index is 4040. The summed E-state index contributed by atoms with van der Waals surface area (Å²) in [5.41, 5.74) is 5.36. The molecule has 0 saturated heterocycles. The molecule has 12 rings (SSSR count). The summed E-state index contributed by atoms with van der Waals surface area (Å²) in [7, 11) is 0. The first-order chi connectivity index (χ1) is 32.0. The predicted octanol–water partition coefficient (Wildman–Crippen LogP) is 13.9. The van der Waals surface area contributed by atoms with Crippen molar-refractivity contribution in [3.8, 4) is 51.0 Å². The topological polar surface area (TPSA) is 56.7 Å². The number of rotatable bonds is 5. The van der Waals surface area contributed by atoms with Gasteiger partial charge in [0, 0.05) is 52.8 Å². The second-order valence-corrected chi connectivity index (χ2v) is 14.7. The molecule has 0 bridgehead atoms. The first kappa shape index (κ1) is 24.2. The first-order valence-electron chi connectivity index (χ1n) is 22.8. The monoisotopic (exact) mass is 755 g/mol. The standard InChI is InChI=1S/C51H30N4OS/c1-4-13-31(14-5-1)34-24-28-45-40(29-34)37-26-27-42-47(48(37)57-45)38-19-10-11-21-41(38)55(42)51-53-49(33-17-8-3-9-18-33)52-50(54-51)35-23-25-39-44(30-35)56-43-22-12-20-36(46(39)43)32-15-6-2-7-16-32/h1-30H/i10D,11D,19D,21D,24D,26D,27D,28D,29D. The Balaban J connectivity index is 1.18. The summed E-state index contributed by atoms with van der Waals surface area (Å²) in [4.78, 5) is 14.9. The molecule has 0 fully saturated rings. The average molecular weight is 756 g/mol. The van der Waals surface area contributed by atoms with E-state index in [1.54, 1.807) is 24.3 Å². The van der Waals surface area contributed by atoms with E-state index in [2.05, 4.69) is 18.2 Å². The molecule has 5 nitrogen and oxygen atoms in total. The van der Waals surface area contributed by atoms with E-state index in [1.165, 1.54) is 4.57 Å². The van der Waals surface area contributed by atoms with Crippen LogP contribution in [-0.4, -0.2) is 19.5 Å². The van der Waals surface area contributed by atoms with E-state index in [0.717, 1.165) is 33.2 Å². The van der Waals surface area contributed by atoms with Gasteiger partial charge in [-0.25, -0.2) is 4.98 Å². The van der Waals surface area contributed by atoms with Gasteiger partial charge in [0.05, 0.1) is 23.4 Å². The van der Waals surface area contributed by atoms with Crippen LogP contribution < -0.4 is 0 Å². The second-order valence-electron chi connectivity index (χ2n) is 13.7. The van der Waals surface area contributed by atoms with Gasteiger partial charge in [0.2, 0.25) is 5.95 Å². The van der Waals surface area contributed by atoms with Crippen LogP contribution in [0.3, 0.4) is 0 Å². The van der Waals surface area contributed by atoms with Crippen LogP contribution in [0.4, 0.5) is 0 Å². The lowest BCUT2D eigenvalue weighted by molar-refractivity contribution is 0.669. The molecule has 0 unspecified atom stereocenters. The maximum Gasteiger partial charge on any atom is 0.238 e. The van der Waals surface area contributed by atoms with Crippen molar-refractivity contribution >= 4 is 75.3 Å². The van der Waals surface area contributed by atoms with Crippen LogP contribution in [0.25, 0.3) is 115 Å². The lowest BCUT2D eigenvalue weighted by Crippen LogP contribution is -2.06. The quantitative estimate of drug-likeness (QED) is 0.175. The normalized spacial score (nSPS) is 14.1. The zero-order chi connectivity index (χ0) is 45.3. The molecule has 0 spiro atoms. The molecule has 12 aromatic rings. The Morgan fingerprint density at radius 2 is 1.23 bits per heavy atom. The van der Waals surface area contributed by atoms with Crippen molar-refractivity contribution in [3.63, 3.8) is 0 Å². The van der Waals surface area contributed by atoms with Crippen LogP contribution in [-0.2, 0) is 0 Å². The van der Waals surface area contributed by atoms with Gasteiger partial charge in [-0.1, -0.05) is 139 Å². The zero-order valence-corrected chi connectivity index (χ0v) is 30.5. The van der Waals surface area contributed by atoms with Crippen molar-refractivity contribution in [1.82, 2.24) is 19.5 Å². The van der Waals surface area contributed by atoms with Crippen molar-refractivity contribution in [2.24, 2.45) is 0 Å². The SMILES string of the molecule is [2H]c1c(-c2ccccc2)c([2H])c2c(sc3c2c([2H])c([2H])c2c3c3c([2H])c([2H])c([2H])c([2H])c3n2-c2nc(-c3ccccc3)nc(-c3ccc4c(c3)oc3cccc(-c5ccccc5)c34)n2)c1[2H]. The third-order valence-electron chi connectivity index (χ3n) is 10.4. The molecule has 0 aliphatic rings. The fraction of sp³-hybridized carbons (Fsp3) is 0. The first-order valence-corrected chi connectivity index (χ1v) is 19.1. The molecule has 4 heterocycles. The van der Waals surface area contributed by atoms with Crippen molar-refractivity contribution in [2.45, 2.75) is 0 Å². The highest BCUT2D eigenvalue weighted by atomic mass is 32.1. The lowest BCUT2D eigenvalue weighted by atomic mass is 9.99. The molecule has 8 aromatic carbocycles. The summed E-state index contributed by atoms with van der Waals surface area (Å²) < 4.78 is 92.0. The third kappa shape index (κ3) is 5.04. The molecule has 4 aromatic heterocycles. The van der Waals surface area contributed by atoms with Gasteiger partial charge in [-0.05, 0) is 64.6 Å². The van der Waals surface area contributed by atoms with Crippen molar-refractivity contribution in [3.05, 3.63) is 182 Å². The summed E-state index contributed by atoms with van der Waals surface area (Å²) in [6.45, 7) is 0. The molecular formula is C51H30N4OS. The zero-order valence-electron chi connectivity index (χ0n) is 38.7. The van der Waals surface area contributed by atoms with Gasteiger partial charge in [-0.15, -0.1) is 11.3 Å². The molecule has 0 aliphatic heterocycles. The Morgan fingerprint density at radius 3 is 2.04 bits per heavy atom. The minimum atomic E-state index is -0.516. The molecule has 0 atom stereocenters. The number of aromatic nitrogens is 4. The van der Waals surface area contributed by atoms with Crippen LogP contribution in [0.2, 0.25) is 0 Å². The summed E-state index contributed by atoms with van der Waals surface area (Å²) >= 11 is 1.06. The molecule has 266 valence electrons. The van der Waals surface area contributed by atoms with Gasteiger partial charge >= 0.3 is 0 Å². The average Bonchev–Trinajstić information content (AvgIpc) is 4.05. The maximum atomic E-state index is 9.75. The van der Waals surface area contributed by atoms with Crippen molar-refractivity contribution in [2.75, 3.05) is 0 Å². The second kappa shape index (κ2) is 12.6. The number of hydrogen-bond acceptors (Lipinski definition) is 5. The molecule has 57 heavy (non-hydrogen) atoms. The molecule has 0 N–H and O–H groups in total. The summed E-state index contributed by atoms with van der Waals surface area (Å²) in [5, 5.41) is 2.54. The van der Waals surface area contributed by atoms with E-state index >= 15 is 0 Å². The molecular weight excluding hydrogens is 717 g/mol. The third-order valence-corrected chi connectivity index (χ3v) is 11.5. The Morgan fingerprint density at radius 1 is 0.491 bits per heavy atom. The van der Waals surface area contributed by atoms with E-state index in [0.29, 0.717) is 32.6 Å². The lowest BCUT2D eigenvalue weighted by Gasteiger charge is -2.11. The molecule has 0 amide bonds. The summed E-state index contributed by atoms with van der Waals surface area (Å²) in [6, 6.07) is 37.1. The van der Waals surface area contributed by atoms with E-state index in [9.17, 15) is 8.22 Å². The fourth-order valence-corrected chi connectivity index (χ4v) is 8.87. The highest BCUT2D eigenvalue weighted by Gasteiger charge is 2.22. The molecule has 0 radical (unpaired) electrons. The van der Waals surface area contributed by atoms with Crippen molar-refractivity contribution in [1.29, 1.82) is 0 Å². The highest BCUT2D eigenvalue weighted by molar-refractivity contribution is 7.26. The van der Waals surface area contributed by atoms with Crippen LogP contribution in [0.1, 0.15) is 12.3 Å². The van der Waals surface area contributed by atoms with E-state index in [4.69, 9.17) is 23.5 Å². The summed E-state index contributed by atoms with van der Waals surface area (Å²) in [6.07, 6.45) is 0. The van der Waals surface area contributed by atoms with Crippen LogP contribution >= 0.6 is 11.3 Å². The van der Waals surface area contributed by atoms with Gasteiger partial charge in [-0.3, -0.25) is 4.57 Å². The van der Waals surface area contributed by atoms with Crippen molar-refractivity contribution < 1.29 is 16.8 Å². The predicted molar refractivity (Wildman–Crippen MR) is 236 cm³/mol. The Labute approximate surface area is 343 Å². The number of nitrogens with zero attached hydrogens (tertiary/aromatic N) is 4. The largest absolute Gasteiger partial charge is 0.456 e. The van der Waals surface area contributed by atoms with Gasteiger partial charge in [0.15, 0.2) is 11.6 Å². The van der Waals surface area contributed by atoms with E-state index in [-0.39, 0.29) is 96.7 Å². The van der Waals surface area contributed by atoms with Crippen LogP contribution in [0, 0.1) is 0 Å². The number of hydrogen-bond donors (Lipinski definition) is 0. The number of benzene rings is 8. The number of fused-ring (bicyclic) bond motifs is 10. The number of thiophene rings is 1. The number of para-hydroxylation sites is 1. The van der Waals surface area contributed by atoms with Gasteiger partial charge in [-0.2, -0.15) is 9.97 Å². The van der Waals surface area contributed by atoms with Crippen LogP contribution in [0.5, 0.6) is 0 Å². The molecule has 0 saturated carbocycles. The minimum absolute atomic E-state index is 0.0189. The Kier molecular flexibility index (Phi) is 5.33. The molecule has 6 heteroatoms. The minimum Gasteiger partial charge on any atom is -0.456 e.